The number of hydrogen-bond acceptors (Lipinski definition) is 6. The number of hydrogen-bond donors (Lipinski definition) is 3. The van der Waals surface area contributed by atoms with Crippen LogP contribution in [-0.2, 0) is 4.74 Å². The van der Waals surface area contributed by atoms with E-state index in [1.54, 1.807) is 20.8 Å². The minimum atomic E-state index is -1.28. The third kappa shape index (κ3) is 6.62. The smallest absolute Gasteiger partial charge is 0.407 e. The van der Waals surface area contributed by atoms with Crippen LogP contribution in [0.4, 0.5) is 10.5 Å². The first-order chi connectivity index (χ1) is 10.6. The van der Waals surface area contributed by atoms with Crippen LogP contribution in [0, 0.1) is 10.1 Å². The van der Waals surface area contributed by atoms with E-state index in [1.165, 1.54) is 24.3 Å². The van der Waals surface area contributed by atoms with Crippen molar-refractivity contribution in [2.45, 2.75) is 45.0 Å². The van der Waals surface area contributed by atoms with E-state index in [4.69, 9.17) is 4.74 Å². The average molecular weight is 326 g/mol. The Morgan fingerprint density at radius 1 is 1.39 bits per heavy atom. The molecule has 23 heavy (non-hydrogen) atoms. The Morgan fingerprint density at radius 3 is 2.61 bits per heavy atom. The largest absolute Gasteiger partial charge is 0.444 e. The fraction of sp³-hybridized carbons (Fsp3) is 0.533. The fourth-order valence-electron chi connectivity index (χ4n) is 1.84. The summed E-state index contributed by atoms with van der Waals surface area (Å²) in [6.45, 7) is 5.29. The van der Waals surface area contributed by atoms with Crippen LogP contribution in [0.3, 0.4) is 0 Å². The Morgan fingerprint density at radius 2 is 2.04 bits per heavy atom. The summed E-state index contributed by atoms with van der Waals surface area (Å²) in [7, 11) is 0. The van der Waals surface area contributed by atoms with Crippen LogP contribution in [0.2, 0.25) is 0 Å². The molecule has 0 aliphatic carbocycles. The fourth-order valence-corrected chi connectivity index (χ4v) is 1.84. The number of nitro benzene ring substituents is 1. The molecule has 0 bridgehead atoms. The molecule has 0 saturated carbocycles. The summed E-state index contributed by atoms with van der Waals surface area (Å²) in [5, 5.41) is 33.1. The van der Waals surface area contributed by atoms with Crippen molar-refractivity contribution in [3.63, 3.8) is 0 Å². The average Bonchev–Trinajstić information content (AvgIpc) is 2.44. The quantitative estimate of drug-likeness (QED) is 0.542. The lowest BCUT2D eigenvalue weighted by Crippen LogP contribution is -2.34. The van der Waals surface area contributed by atoms with Crippen molar-refractivity contribution in [1.82, 2.24) is 5.32 Å². The maximum absolute atomic E-state index is 11.4. The molecule has 0 saturated heterocycles. The van der Waals surface area contributed by atoms with Gasteiger partial charge in [0.25, 0.3) is 5.69 Å². The molecule has 128 valence electrons. The van der Waals surface area contributed by atoms with Crippen LogP contribution in [-0.4, -0.2) is 39.5 Å². The first-order valence-corrected chi connectivity index (χ1v) is 7.17. The maximum atomic E-state index is 11.4. The number of carbonyl (C=O) groups excluding carboxylic acids is 1. The van der Waals surface area contributed by atoms with E-state index >= 15 is 0 Å². The van der Waals surface area contributed by atoms with Crippen LogP contribution < -0.4 is 5.32 Å². The number of non-ortho nitro benzene ring substituents is 1. The van der Waals surface area contributed by atoms with Crippen molar-refractivity contribution in [3.05, 3.63) is 39.9 Å². The van der Waals surface area contributed by atoms with Gasteiger partial charge in [0.1, 0.15) is 11.7 Å². The standard InChI is InChI=1S/C15H22N2O6/c1-15(2,3)23-14(20)16-8-7-12(18)13(19)10-5-4-6-11(9-10)17(21)22/h4-6,9,12-13,18-19H,7-8H2,1-3H3,(H,16,20). The zero-order valence-corrected chi connectivity index (χ0v) is 13.4. The number of carbonyl (C=O) groups is 1. The van der Waals surface area contributed by atoms with E-state index in [1.807, 2.05) is 0 Å². The van der Waals surface area contributed by atoms with Gasteiger partial charge >= 0.3 is 6.09 Å². The van der Waals surface area contributed by atoms with Gasteiger partial charge < -0.3 is 20.3 Å². The lowest BCUT2D eigenvalue weighted by molar-refractivity contribution is -0.385. The maximum Gasteiger partial charge on any atom is 0.407 e. The van der Waals surface area contributed by atoms with Gasteiger partial charge in [-0.2, -0.15) is 0 Å². The highest BCUT2D eigenvalue weighted by Gasteiger charge is 2.21. The van der Waals surface area contributed by atoms with Gasteiger partial charge in [0.15, 0.2) is 0 Å². The topological polar surface area (TPSA) is 122 Å². The highest BCUT2D eigenvalue weighted by molar-refractivity contribution is 5.67. The van der Waals surface area contributed by atoms with E-state index in [9.17, 15) is 25.1 Å². The van der Waals surface area contributed by atoms with Crippen molar-refractivity contribution in [3.8, 4) is 0 Å². The Kier molecular flexibility index (Phi) is 6.47. The minimum Gasteiger partial charge on any atom is -0.444 e. The molecule has 0 aliphatic rings. The van der Waals surface area contributed by atoms with E-state index < -0.39 is 28.8 Å². The lowest BCUT2D eigenvalue weighted by atomic mass is 10.0. The van der Waals surface area contributed by atoms with Gasteiger partial charge in [-0.05, 0) is 32.8 Å². The Hall–Kier alpha value is -2.19. The van der Waals surface area contributed by atoms with Crippen molar-refractivity contribution >= 4 is 11.8 Å². The normalized spacial score (nSPS) is 14.0. The molecule has 0 spiro atoms. The summed E-state index contributed by atoms with van der Waals surface area (Å²) in [6.07, 6.45) is -3.00. The molecule has 1 amide bonds. The molecule has 2 atom stereocenters. The Balaban J connectivity index is 2.51. The molecule has 0 fully saturated rings. The molecular formula is C15H22N2O6. The Bertz CT molecular complexity index is 555. The summed E-state index contributed by atoms with van der Waals surface area (Å²) in [6, 6.07) is 5.42. The highest BCUT2D eigenvalue weighted by Crippen LogP contribution is 2.22. The van der Waals surface area contributed by atoms with Crippen molar-refractivity contribution in [1.29, 1.82) is 0 Å². The van der Waals surface area contributed by atoms with Gasteiger partial charge in [-0.25, -0.2) is 4.79 Å². The van der Waals surface area contributed by atoms with Gasteiger partial charge in [-0.3, -0.25) is 10.1 Å². The first-order valence-electron chi connectivity index (χ1n) is 7.17. The predicted molar refractivity (Wildman–Crippen MR) is 82.9 cm³/mol. The Labute approximate surface area is 134 Å². The number of aliphatic hydroxyl groups excluding tert-OH is 2. The number of nitrogens with zero attached hydrogens (tertiary/aromatic N) is 1. The van der Waals surface area contributed by atoms with Gasteiger partial charge in [0.05, 0.1) is 11.0 Å². The molecule has 1 rings (SSSR count). The number of nitrogens with one attached hydrogen (secondary N) is 1. The summed E-state index contributed by atoms with van der Waals surface area (Å²) < 4.78 is 5.04. The van der Waals surface area contributed by atoms with Crippen molar-refractivity contribution < 1.29 is 24.7 Å². The molecule has 8 nitrogen and oxygen atoms in total. The molecular weight excluding hydrogens is 304 g/mol. The van der Waals surface area contributed by atoms with E-state index in [0.717, 1.165) is 0 Å². The first kappa shape index (κ1) is 18.9. The summed E-state index contributed by atoms with van der Waals surface area (Å²) in [5.74, 6) is 0. The molecule has 0 heterocycles. The number of ether oxygens (including phenoxy) is 1. The monoisotopic (exact) mass is 326 g/mol. The summed E-state index contributed by atoms with van der Waals surface area (Å²) in [5.41, 5.74) is -0.546. The zero-order chi connectivity index (χ0) is 17.6. The number of amides is 1. The second-order valence-corrected chi connectivity index (χ2v) is 6.08. The number of alkyl carbamates (subject to hydrolysis) is 1. The second kappa shape index (κ2) is 7.89. The van der Waals surface area contributed by atoms with E-state index in [-0.39, 0.29) is 24.2 Å². The van der Waals surface area contributed by atoms with Gasteiger partial charge in [0, 0.05) is 18.7 Å². The summed E-state index contributed by atoms with van der Waals surface area (Å²) >= 11 is 0. The van der Waals surface area contributed by atoms with Crippen LogP contribution in [0.15, 0.2) is 24.3 Å². The molecule has 1 aromatic rings. The van der Waals surface area contributed by atoms with Crippen LogP contribution >= 0.6 is 0 Å². The molecule has 1 aromatic carbocycles. The molecule has 8 heteroatoms. The zero-order valence-electron chi connectivity index (χ0n) is 13.4. The van der Waals surface area contributed by atoms with Crippen molar-refractivity contribution in [2.24, 2.45) is 0 Å². The second-order valence-electron chi connectivity index (χ2n) is 6.08. The molecule has 0 radical (unpaired) electrons. The molecule has 2 unspecified atom stereocenters. The number of rotatable bonds is 6. The third-order valence-corrected chi connectivity index (χ3v) is 2.90. The number of benzene rings is 1. The van der Waals surface area contributed by atoms with Crippen molar-refractivity contribution in [2.75, 3.05) is 6.54 Å². The molecule has 0 aromatic heterocycles. The van der Waals surface area contributed by atoms with Crippen LogP contribution in [0.5, 0.6) is 0 Å². The van der Waals surface area contributed by atoms with E-state index in [2.05, 4.69) is 5.32 Å². The predicted octanol–water partition coefficient (Wildman–Crippen LogP) is 1.90. The molecule has 0 aliphatic heterocycles. The minimum absolute atomic E-state index is 0.0725. The number of nitro groups is 1. The van der Waals surface area contributed by atoms with E-state index in [0.29, 0.717) is 0 Å². The SMILES string of the molecule is CC(C)(C)OC(=O)NCCC(O)C(O)c1cccc([N+](=O)[O-])c1. The third-order valence-electron chi connectivity index (χ3n) is 2.90. The highest BCUT2D eigenvalue weighted by atomic mass is 16.6. The van der Waals surface area contributed by atoms with Crippen LogP contribution in [0.1, 0.15) is 38.9 Å². The number of aliphatic hydroxyl groups is 2. The van der Waals surface area contributed by atoms with Gasteiger partial charge in [0.2, 0.25) is 0 Å². The molecule has 3 N–H and O–H groups in total. The van der Waals surface area contributed by atoms with Gasteiger partial charge in [-0.15, -0.1) is 0 Å². The van der Waals surface area contributed by atoms with Gasteiger partial charge in [-0.1, -0.05) is 12.1 Å². The lowest BCUT2D eigenvalue weighted by Gasteiger charge is -2.21. The van der Waals surface area contributed by atoms with Crippen LogP contribution in [0.25, 0.3) is 0 Å². The summed E-state index contributed by atoms with van der Waals surface area (Å²) in [4.78, 5) is 21.6.